The summed E-state index contributed by atoms with van der Waals surface area (Å²) in [6.07, 6.45) is -0.566. The molecule has 3 aromatic carbocycles. The molecule has 0 heterocycles. The Bertz CT molecular complexity index is 986. The van der Waals surface area contributed by atoms with Crippen molar-refractivity contribution in [3.8, 4) is 11.5 Å². The van der Waals surface area contributed by atoms with Crippen molar-refractivity contribution < 1.29 is 14.6 Å². The monoisotopic (exact) mass is 509 g/mol. The molecule has 0 aliphatic heterocycles. The fourth-order valence-corrected chi connectivity index (χ4v) is 4.02. The van der Waals surface area contributed by atoms with Gasteiger partial charge in [0.2, 0.25) is 0 Å². The van der Waals surface area contributed by atoms with Crippen LogP contribution in [0.3, 0.4) is 0 Å². The van der Waals surface area contributed by atoms with E-state index in [1.165, 1.54) is 0 Å². The fourth-order valence-electron chi connectivity index (χ4n) is 2.95. The number of halogens is 3. The van der Waals surface area contributed by atoms with Crippen LogP contribution in [0.2, 0.25) is 10.0 Å². The van der Waals surface area contributed by atoms with Gasteiger partial charge >= 0.3 is 0 Å². The van der Waals surface area contributed by atoms with Crippen LogP contribution in [0.5, 0.6) is 11.5 Å². The molecule has 2 N–H and O–H groups in total. The van der Waals surface area contributed by atoms with Gasteiger partial charge in [0.15, 0.2) is 11.5 Å². The van der Waals surface area contributed by atoms with Crippen molar-refractivity contribution in [2.45, 2.75) is 19.3 Å². The summed E-state index contributed by atoms with van der Waals surface area (Å²) in [4.78, 5) is 0. The van der Waals surface area contributed by atoms with E-state index in [2.05, 4.69) is 21.2 Å². The number of hydrogen-bond donors (Lipinski definition) is 2. The summed E-state index contributed by atoms with van der Waals surface area (Å²) in [6.45, 7) is 1.30. The first-order valence-corrected chi connectivity index (χ1v) is 10.9. The maximum atomic E-state index is 10.3. The molecular weight excluding hydrogens is 489 g/mol. The van der Waals surface area contributed by atoms with E-state index in [4.69, 9.17) is 32.7 Å². The molecule has 0 saturated carbocycles. The largest absolute Gasteiger partial charge is 0.493 e. The predicted octanol–water partition coefficient (Wildman–Crippen LogP) is 6.17. The van der Waals surface area contributed by atoms with Gasteiger partial charge in [-0.3, -0.25) is 0 Å². The van der Waals surface area contributed by atoms with Crippen LogP contribution in [0, 0.1) is 0 Å². The van der Waals surface area contributed by atoms with E-state index in [-0.39, 0.29) is 6.61 Å². The van der Waals surface area contributed by atoms with Crippen molar-refractivity contribution >= 4 is 39.1 Å². The van der Waals surface area contributed by atoms with Crippen LogP contribution in [0.1, 0.15) is 22.8 Å². The average molecular weight is 511 g/mol. The third kappa shape index (κ3) is 6.13. The normalized spacial score (nSPS) is 11.9. The number of benzene rings is 3. The number of ether oxygens (including phenoxy) is 2. The second-order valence-electron chi connectivity index (χ2n) is 6.69. The highest BCUT2D eigenvalue weighted by Gasteiger charge is 2.14. The van der Waals surface area contributed by atoms with Gasteiger partial charge in [-0.2, -0.15) is 0 Å². The highest BCUT2D eigenvalue weighted by Crippen LogP contribution is 2.37. The van der Waals surface area contributed by atoms with Gasteiger partial charge in [-0.25, -0.2) is 0 Å². The Balaban J connectivity index is 1.63. The Labute approximate surface area is 194 Å². The molecule has 0 unspecified atom stereocenters. The molecule has 0 bridgehead atoms. The number of aliphatic hydroxyl groups excluding tert-OH is 1. The van der Waals surface area contributed by atoms with E-state index in [1.807, 2.05) is 48.5 Å². The lowest BCUT2D eigenvalue weighted by atomic mass is 10.1. The van der Waals surface area contributed by atoms with E-state index in [9.17, 15) is 5.11 Å². The molecular formula is C23H22BrCl2NO3. The van der Waals surface area contributed by atoms with Crippen LogP contribution in [0.15, 0.2) is 65.1 Å². The van der Waals surface area contributed by atoms with E-state index in [0.717, 1.165) is 21.2 Å². The number of hydrogen-bond acceptors (Lipinski definition) is 4. The highest BCUT2D eigenvalue weighted by atomic mass is 79.9. The number of methoxy groups -OCH3 is 1. The lowest BCUT2D eigenvalue weighted by Crippen LogP contribution is -2.21. The van der Waals surface area contributed by atoms with Crippen molar-refractivity contribution in [1.29, 1.82) is 0 Å². The highest BCUT2D eigenvalue weighted by molar-refractivity contribution is 9.10. The molecule has 4 nitrogen and oxygen atoms in total. The minimum absolute atomic E-state index is 0.284. The van der Waals surface area contributed by atoms with Crippen LogP contribution in [-0.2, 0) is 13.2 Å². The van der Waals surface area contributed by atoms with Crippen LogP contribution < -0.4 is 14.8 Å². The topological polar surface area (TPSA) is 50.7 Å². The maximum absolute atomic E-state index is 10.3. The van der Waals surface area contributed by atoms with Crippen LogP contribution in [-0.4, -0.2) is 18.8 Å². The van der Waals surface area contributed by atoms with Gasteiger partial charge in [0.05, 0.1) is 17.7 Å². The molecule has 0 aliphatic carbocycles. The Hall–Kier alpha value is -1.76. The van der Waals surface area contributed by atoms with Crippen LogP contribution >= 0.6 is 39.1 Å². The van der Waals surface area contributed by atoms with Gasteiger partial charge in [-0.15, -0.1) is 0 Å². The Morgan fingerprint density at radius 1 is 1.07 bits per heavy atom. The predicted molar refractivity (Wildman–Crippen MR) is 125 cm³/mol. The molecule has 0 aliphatic rings. The van der Waals surface area contributed by atoms with Gasteiger partial charge in [0, 0.05) is 28.7 Å². The molecule has 1 atom stereocenters. The minimum atomic E-state index is -0.566. The maximum Gasteiger partial charge on any atom is 0.175 e. The average Bonchev–Trinajstić information content (AvgIpc) is 2.74. The van der Waals surface area contributed by atoms with E-state index >= 15 is 0 Å². The zero-order valence-electron chi connectivity index (χ0n) is 16.4. The summed E-state index contributed by atoms with van der Waals surface area (Å²) in [5.74, 6) is 1.20. The zero-order chi connectivity index (χ0) is 21.5. The smallest absolute Gasteiger partial charge is 0.175 e. The third-order valence-corrected chi connectivity index (χ3v) is 5.70. The zero-order valence-corrected chi connectivity index (χ0v) is 19.5. The molecule has 158 valence electrons. The summed E-state index contributed by atoms with van der Waals surface area (Å²) < 4.78 is 12.2. The molecule has 0 amide bonds. The first-order chi connectivity index (χ1) is 14.5. The van der Waals surface area contributed by atoms with Gasteiger partial charge in [0.1, 0.15) is 6.61 Å². The Morgan fingerprint density at radius 3 is 2.53 bits per heavy atom. The number of aliphatic hydroxyl groups is 1. The molecule has 0 saturated heterocycles. The van der Waals surface area contributed by atoms with Gasteiger partial charge < -0.3 is 19.9 Å². The van der Waals surface area contributed by atoms with Crippen LogP contribution in [0.25, 0.3) is 0 Å². The molecule has 0 fully saturated rings. The molecule has 3 aromatic rings. The summed E-state index contributed by atoms with van der Waals surface area (Å²) in [6, 6.07) is 18.7. The molecule has 7 heteroatoms. The molecule has 0 aromatic heterocycles. The lowest BCUT2D eigenvalue weighted by Gasteiger charge is -2.16. The van der Waals surface area contributed by atoms with Crippen molar-refractivity contribution in [2.24, 2.45) is 0 Å². The summed E-state index contributed by atoms with van der Waals surface area (Å²) in [7, 11) is 1.60. The van der Waals surface area contributed by atoms with E-state index in [0.29, 0.717) is 34.6 Å². The van der Waals surface area contributed by atoms with Gasteiger partial charge in [0.25, 0.3) is 0 Å². The Kier molecular flexibility index (Phi) is 8.42. The summed E-state index contributed by atoms with van der Waals surface area (Å²) >= 11 is 15.7. The molecule has 0 spiro atoms. The van der Waals surface area contributed by atoms with Crippen molar-refractivity contribution in [2.75, 3.05) is 13.7 Å². The van der Waals surface area contributed by atoms with Crippen molar-refractivity contribution in [1.82, 2.24) is 5.32 Å². The molecule has 3 rings (SSSR count). The first kappa shape index (κ1) is 22.9. The first-order valence-electron chi connectivity index (χ1n) is 9.34. The summed E-state index contributed by atoms with van der Waals surface area (Å²) in [5, 5.41) is 14.7. The second kappa shape index (κ2) is 11.0. The van der Waals surface area contributed by atoms with Crippen LogP contribution in [0.4, 0.5) is 0 Å². The second-order valence-corrected chi connectivity index (χ2v) is 8.39. The fraction of sp³-hybridized carbons (Fsp3) is 0.217. The van der Waals surface area contributed by atoms with Crippen molar-refractivity contribution in [3.05, 3.63) is 91.9 Å². The van der Waals surface area contributed by atoms with Crippen molar-refractivity contribution in [3.63, 3.8) is 0 Å². The minimum Gasteiger partial charge on any atom is -0.493 e. The summed E-state index contributed by atoms with van der Waals surface area (Å²) in [5.41, 5.74) is 2.71. The Morgan fingerprint density at radius 2 is 1.83 bits per heavy atom. The quantitative estimate of drug-likeness (QED) is 0.361. The lowest BCUT2D eigenvalue weighted by molar-refractivity contribution is 0.174. The van der Waals surface area contributed by atoms with Gasteiger partial charge in [-0.1, -0.05) is 59.6 Å². The number of nitrogens with one attached hydrogen (secondary N) is 1. The molecule has 0 radical (unpaired) electrons. The standard InChI is InChI=1S/C23H22BrCl2NO3/c1-29-22-10-15(12-27-13-21(28)16-5-3-2-4-6-16)9-19(24)23(22)30-14-17-7-8-18(25)11-20(17)26/h2-11,21,27-28H,12-14H2,1H3/t21-/m0/s1. The molecule has 30 heavy (non-hydrogen) atoms. The van der Waals surface area contributed by atoms with E-state index < -0.39 is 6.10 Å². The SMILES string of the molecule is COc1cc(CNC[C@H](O)c2ccccc2)cc(Br)c1OCc1ccc(Cl)cc1Cl. The number of rotatable bonds is 9. The van der Waals surface area contributed by atoms with E-state index in [1.54, 1.807) is 19.2 Å². The van der Waals surface area contributed by atoms with Gasteiger partial charge in [-0.05, 0) is 51.3 Å². The third-order valence-electron chi connectivity index (χ3n) is 4.53.